The molecule has 2 atom stereocenters. The van der Waals surface area contributed by atoms with Gasteiger partial charge in [0.15, 0.2) is 5.78 Å². The van der Waals surface area contributed by atoms with E-state index in [1.807, 2.05) is 56.3 Å². The van der Waals surface area contributed by atoms with Crippen molar-refractivity contribution in [1.29, 1.82) is 0 Å². The molecule has 1 fully saturated rings. The van der Waals surface area contributed by atoms with Crippen LogP contribution in [-0.2, 0) is 10.3 Å². The Morgan fingerprint density at radius 3 is 1.97 bits per heavy atom. The van der Waals surface area contributed by atoms with Crippen molar-refractivity contribution in [1.82, 2.24) is 10.2 Å². The van der Waals surface area contributed by atoms with E-state index in [1.54, 1.807) is 43.3 Å². The van der Waals surface area contributed by atoms with Crippen LogP contribution >= 0.6 is 0 Å². The van der Waals surface area contributed by atoms with Gasteiger partial charge in [-0.25, -0.2) is 9.69 Å². The Kier molecular flexibility index (Phi) is 5.19. The Bertz CT molecular complexity index is 1140. The van der Waals surface area contributed by atoms with Gasteiger partial charge in [-0.2, -0.15) is 0 Å². The van der Waals surface area contributed by atoms with Crippen LogP contribution in [0.4, 0.5) is 4.79 Å². The van der Waals surface area contributed by atoms with Crippen molar-refractivity contribution < 1.29 is 14.4 Å². The van der Waals surface area contributed by atoms with Crippen LogP contribution < -0.4 is 5.32 Å². The molecule has 0 bridgehead atoms. The van der Waals surface area contributed by atoms with Crippen LogP contribution in [0, 0.1) is 13.8 Å². The highest BCUT2D eigenvalue weighted by Crippen LogP contribution is 2.36. The number of benzene rings is 3. The van der Waals surface area contributed by atoms with Crippen LogP contribution in [0.15, 0.2) is 78.9 Å². The first kappa shape index (κ1) is 20.5. The molecule has 1 aliphatic rings. The average molecular weight is 412 g/mol. The quantitative estimate of drug-likeness (QED) is 0.488. The molecule has 0 spiro atoms. The number of hydrogen-bond acceptors (Lipinski definition) is 3. The van der Waals surface area contributed by atoms with Gasteiger partial charge in [0.1, 0.15) is 11.6 Å². The maximum absolute atomic E-state index is 13.6. The molecule has 3 aromatic rings. The number of amides is 3. The topological polar surface area (TPSA) is 66.5 Å². The van der Waals surface area contributed by atoms with E-state index in [0.717, 1.165) is 16.0 Å². The number of imide groups is 1. The third-order valence-corrected chi connectivity index (χ3v) is 5.81. The first-order chi connectivity index (χ1) is 14.8. The lowest BCUT2D eigenvalue weighted by Crippen LogP contribution is -2.42. The van der Waals surface area contributed by atoms with Crippen molar-refractivity contribution in [2.24, 2.45) is 0 Å². The van der Waals surface area contributed by atoms with Crippen LogP contribution in [0.5, 0.6) is 0 Å². The maximum atomic E-state index is 13.6. The minimum Gasteiger partial charge on any atom is -0.319 e. The van der Waals surface area contributed by atoms with Crippen LogP contribution in [-0.4, -0.2) is 22.6 Å². The Labute approximate surface area is 181 Å². The number of rotatable bonds is 5. The summed E-state index contributed by atoms with van der Waals surface area (Å²) in [6.45, 7) is 5.56. The Morgan fingerprint density at radius 2 is 1.39 bits per heavy atom. The molecule has 1 saturated heterocycles. The summed E-state index contributed by atoms with van der Waals surface area (Å²) in [5.74, 6) is -0.751. The number of carbonyl (C=O) groups is 3. The van der Waals surface area contributed by atoms with Gasteiger partial charge in [0.2, 0.25) is 0 Å². The second-order valence-corrected chi connectivity index (χ2v) is 8.14. The van der Waals surface area contributed by atoms with Crippen LogP contribution in [0.2, 0.25) is 0 Å². The molecule has 5 nitrogen and oxygen atoms in total. The van der Waals surface area contributed by atoms with E-state index in [-0.39, 0.29) is 5.78 Å². The summed E-state index contributed by atoms with van der Waals surface area (Å²) in [7, 11) is 0. The minimum atomic E-state index is -1.24. The number of hydrogen-bond donors (Lipinski definition) is 1. The van der Waals surface area contributed by atoms with E-state index in [2.05, 4.69) is 5.32 Å². The molecule has 0 aromatic heterocycles. The van der Waals surface area contributed by atoms with Crippen molar-refractivity contribution in [3.63, 3.8) is 0 Å². The smallest absolute Gasteiger partial charge is 0.319 e. The highest BCUT2D eigenvalue weighted by Gasteiger charge is 2.53. The van der Waals surface area contributed by atoms with Gasteiger partial charge in [0, 0.05) is 5.56 Å². The SMILES string of the molecule is Cc1ccc(C(=O)[C@H](c2ccc(C)cc2)N2C(=O)N[C@@](C)(c3ccccc3)C2=O)cc1. The highest BCUT2D eigenvalue weighted by atomic mass is 16.2. The molecule has 5 heteroatoms. The summed E-state index contributed by atoms with van der Waals surface area (Å²) in [4.78, 5) is 41.3. The largest absolute Gasteiger partial charge is 0.326 e. The van der Waals surface area contributed by atoms with Crippen molar-refractivity contribution >= 4 is 17.7 Å². The molecule has 0 unspecified atom stereocenters. The normalized spacial score (nSPS) is 19.3. The van der Waals surface area contributed by atoms with Gasteiger partial charge >= 0.3 is 6.03 Å². The van der Waals surface area contributed by atoms with Gasteiger partial charge in [-0.3, -0.25) is 9.59 Å². The van der Waals surface area contributed by atoms with E-state index >= 15 is 0 Å². The maximum Gasteiger partial charge on any atom is 0.326 e. The van der Waals surface area contributed by atoms with Crippen molar-refractivity contribution in [2.75, 3.05) is 0 Å². The monoisotopic (exact) mass is 412 g/mol. The average Bonchev–Trinajstić information content (AvgIpc) is 3.00. The zero-order valence-corrected chi connectivity index (χ0v) is 17.8. The Morgan fingerprint density at radius 1 is 0.839 bits per heavy atom. The molecule has 1 aliphatic heterocycles. The fourth-order valence-electron chi connectivity index (χ4n) is 3.90. The molecule has 0 radical (unpaired) electrons. The van der Waals surface area contributed by atoms with Crippen molar-refractivity contribution in [3.8, 4) is 0 Å². The van der Waals surface area contributed by atoms with Gasteiger partial charge in [-0.05, 0) is 31.9 Å². The second kappa shape index (κ2) is 7.84. The number of nitrogens with one attached hydrogen (secondary N) is 1. The number of urea groups is 1. The van der Waals surface area contributed by atoms with Crippen molar-refractivity contribution in [2.45, 2.75) is 32.4 Å². The summed E-state index contributed by atoms with van der Waals surface area (Å²) in [6, 6.07) is 21.9. The molecule has 3 amide bonds. The third kappa shape index (κ3) is 3.63. The molecule has 31 heavy (non-hydrogen) atoms. The summed E-state index contributed by atoms with van der Waals surface area (Å²) in [5, 5.41) is 2.81. The van der Waals surface area contributed by atoms with Crippen LogP contribution in [0.3, 0.4) is 0 Å². The highest BCUT2D eigenvalue weighted by molar-refractivity contribution is 6.12. The predicted octanol–water partition coefficient (Wildman–Crippen LogP) is 4.69. The molecule has 156 valence electrons. The van der Waals surface area contributed by atoms with Crippen molar-refractivity contribution in [3.05, 3.63) is 107 Å². The summed E-state index contributed by atoms with van der Waals surface area (Å²) < 4.78 is 0. The van der Waals surface area contributed by atoms with Gasteiger partial charge in [0.25, 0.3) is 5.91 Å². The molecule has 3 aromatic carbocycles. The lowest BCUT2D eigenvalue weighted by atomic mass is 9.90. The Hall–Kier alpha value is -3.73. The lowest BCUT2D eigenvalue weighted by molar-refractivity contribution is -0.132. The molecule has 0 aliphatic carbocycles. The van der Waals surface area contributed by atoms with Crippen LogP contribution in [0.1, 0.15) is 45.6 Å². The minimum absolute atomic E-state index is 0.301. The summed E-state index contributed by atoms with van der Waals surface area (Å²) in [5.41, 5.74) is 2.52. The standard InChI is InChI=1S/C26H24N2O3/c1-17-9-13-19(14-10-17)22(23(29)20-15-11-18(2)12-16-20)28-24(30)26(3,27-25(28)31)21-7-5-4-6-8-21/h4-16,22H,1-3H3,(H,27,31)/t22-,26-/m0/s1. The molecule has 4 rings (SSSR count). The first-order valence-corrected chi connectivity index (χ1v) is 10.2. The fraction of sp³-hybridized carbons (Fsp3) is 0.192. The molecular formula is C26H24N2O3. The summed E-state index contributed by atoms with van der Waals surface area (Å²) in [6.07, 6.45) is 0. The second-order valence-electron chi connectivity index (χ2n) is 8.14. The van der Waals surface area contributed by atoms with Gasteiger partial charge in [-0.15, -0.1) is 0 Å². The van der Waals surface area contributed by atoms with E-state index in [0.29, 0.717) is 16.7 Å². The fourth-order valence-corrected chi connectivity index (χ4v) is 3.90. The summed E-state index contributed by atoms with van der Waals surface area (Å²) >= 11 is 0. The van der Waals surface area contributed by atoms with E-state index in [4.69, 9.17) is 0 Å². The Balaban J connectivity index is 1.80. The van der Waals surface area contributed by atoms with E-state index in [9.17, 15) is 14.4 Å². The predicted molar refractivity (Wildman–Crippen MR) is 119 cm³/mol. The lowest BCUT2D eigenvalue weighted by Gasteiger charge is -2.27. The van der Waals surface area contributed by atoms with E-state index in [1.165, 1.54) is 0 Å². The molecule has 1 N–H and O–H groups in total. The van der Waals surface area contributed by atoms with Gasteiger partial charge in [0.05, 0.1) is 0 Å². The zero-order chi connectivity index (χ0) is 22.2. The molecule has 0 saturated carbocycles. The third-order valence-electron chi connectivity index (χ3n) is 5.81. The number of ketones is 1. The number of Topliss-reactive ketones (excluding diaryl/α,β-unsaturated/α-hetero) is 1. The number of aryl methyl sites for hydroxylation is 2. The number of carbonyl (C=O) groups excluding carboxylic acids is 3. The van der Waals surface area contributed by atoms with Gasteiger partial charge < -0.3 is 5.32 Å². The van der Waals surface area contributed by atoms with E-state index < -0.39 is 23.5 Å². The zero-order valence-electron chi connectivity index (χ0n) is 17.8. The molecule has 1 heterocycles. The van der Waals surface area contributed by atoms with Gasteiger partial charge in [-0.1, -0.05) is 90.0 Å². The molecular weight excluding hydrogens is 388 g/mol. The van der Waals surface area contributed by atoms with Crippen LogP contribution in [0.25, 0.3) is 0 Å². The first-order valence-electron chi connectivity index (χ1n) is 10.2. The number of nitrogens with zero attached hydrogens (tertiary/aromatic N) is 1.